The van der Waals surface area contributed by atoms with Crippen molar-refractivity contribution in [3.63, 3.8) is 0 Å². The molecule has 1 heterocycles. The molecule has 0 radical (unpaired) electrons. The molecule has 2 aromatic rings. The molecule has 1 aromatic carbocycles. The molecule has 5 nitrogen and oxygen atoms in total. The Bertz CT molecular complexity index is 784. The highest BCUT2D eigenvalue weighted by Crippen LogP contribution is 2.26. The fraction of sp³-hybridized carbons (Fsp3) is 0.267. The number of halogens is 1. The van der Waals surface area contributed by atoms with Crippen LogP contribution in [0.2, 0.25) is 0 Å². The number of ether oxygens (including phenoxy) is 1. The van der Waals surface area contributed by atoms with Gasteiger partial charge in [0.1, 0.15) is 4.21 Å². The molecule has 1 N–H and O–H groups in total. The van der Waals surface area contributed by atoms with Crippen molar-refractivity contribution in [2.75, 3.05) is 7.11 Å². The van der Waals surface area contributed by atoms with Crippen LogP contribution >= 0.6 is 27.3 Å². The van der Waals surface area contributed by atoms with Gasteiger partial charge in [-0.15, -0.1) is 11.3 Å². The van der Waals surface area contributed by atoms with Gasteiger partial charge < -0.3 is 4.74 Å². The Labute approximate surface area is 147 Å². The molecule has 0 aliphatic rings. The molecule has 8 heteroatoms. The number of hydrogen-bond acceptors (Lipinski definition) is 5. The third kappa shape index (κ3) is 4.87. The number of carbonyl (C=O) groups excluding carboxylic acids is 1. The highest BCUT2D eigenvalue weighted by molar-refractivity contribution is 9.10. The van der Waals surface area contributed by atoms with E-state index in [-0.39, 0.29) is 10.6 Å². The summed E-state index contributed by atoms with van der Waals surface area (Å²) < 4.78 is 33.4. The summed E-state index contributed by atoms with van der Waals surface area (Å²) in [7, 11) is -2.43. The monoisotopic (exact) mass is 417 g/mol. The number of sulfonamides is 1. The largest absolute Gasteiger partial charge is 0.469 e. The van der Waals surface area contributed by atoms with Gasteiger partial charge in [0.15, 0.2) is 0 Å². The van der Waals surface area contributed by atoms with E-state index in [1.54, 1.807) is 36.4 Å². The van der Waals surface area contributed by atoms with Crippen LogP contribution in [0.15, 0.2) is 45.1 Å². The maximum Gasteiger partial charge on any atom is 0.307 e. The van der Waals surface area contributed by atoms with Crippen LogP contribution in [0.5, 0.6) is 0 Å². The summed E-state index contributed by atoms with van der Waals surface area (Å²) in [6.45, 7) is 1.84. The van der Waals surface area contributed by atoms with Crippen LogP contribution in [0.25, 0.3) is 0 Å². The fourth-order valence-electron chi connectivity index (χ4n) is 1.97. The zero-order valence-corrected chi connectivity index (χ0v) is 15.8. The van der Waals surface area contributed by atoms with E-state index in [2.05, 4.69) is 25.4 Å². The molecule has 0 bridgehead atoms. The Balaban J connectivity index is 2.30. The van der Waals surface area contributed by atoms with Crippen LogP contribution in [-0.4, -0.2) is 21.5 Å². The van der Waals surface area contributed by atoms with Crippen molar-refractivity contribution in [3.8, 4) is 0 Å². The molecule has 0 fully saturated rings. The molecule has 1 atom stereocenters. The number of aryl methyl sites for hydroxylation is 1. The third-order valence-electron chi connectivity index (χ3n) is 3.15. The molecule has 2 rings (SSSR count). The number of methoxy groups -OCH3 is 1. The van der Waals surface area contributed by atoms with Gasteiger partial charge in [-0.1, -0.05) is 28.1 Å². The number of carbonyl (C=O) groups is 1. The predicted molar refractivity (Wildman–Crippen MR) is 92.9 cm³/mol. The number of thiophene rings is 1. The zero-order chi connectivity index (χ0) is 17.0. The summed E-state index contributed by atoms with van der Waals surface area (Å²) in [4.78, 5) is 12.5. The maximum absolute atomic E-state index is 12.5. The highest BCUT2D eigenvalue weighted by Gasteiger charge is 2.25. The zero-order valence-electron chi connectivity index (χ0n) is 12.6. The van der Waals surface area contributed by atoms with E-state index in [9.17, 15) is 13.2 Å². The Kier molecular flexibility index (Phi) is 5.96. The summed E-state index contributed by atoms with van der Waals surface area (Å²) in [6.07, 6.45) is -0.0816. The molecular weight excluding hydrogens is 402 g/mol. The second-order valence-electron chi connectivity index (χ2n) is 4.87. The third-order valence-corrected chi connectivity index (χ3v) is 6.64. The van der Waals surface area contributed by atoms with Crippen molar-refractivity contribution in [1.82, 2.24) is 4.72 Å². The highest BCUT2D eigenvalue weighted by atomic mass is 79.9. The van der Waals surface area contributed by atoms with E-state index in [1.807, 2.05) is 6.92 Å². The lowest BCUT2D eigenvalue weighted by Crippen LogP contribution is -2.30. The van der Waals surface area contributed by atoms with E-state index in [0.717, 1.165) is 9.35 Å². The average Bonchev–Trinajstić information content (AvgIpc) is 2.94. The minimum atomic E-state index is -3.70. The van der Waals surface area contributed by atoms with Gasteiger partial charge in [0.2, 0.25) is 0 Å². The van der Waals surface area contributed by atoms with Crippen molar-refractivity contribution in [2.24, 2.45) is 0 Å². The van der Waals surface area contributed by atoms with Gasteiger partial charge >= 0.3 is 5.97 Å². The molecule has 0 amide bonds. The molecule has 1 unspecified atom stereocenters. The van der Waals surface area contributed by atoms with Gasteiger partial charge in [-0.2, -0.15) is 0 Å². The van der Waals surface area contributed by atoms with Crippen molar-refractivity contribution in [1.29, 1.82) is 0 Å². The van der Waals surface area contributed by atoms with Crippen molar-refractivity contribution in [2.45, 2.75) is 23.6 Å². The van der Waals surface area contributed by atoms with Crippen molar-refractivity contribution in [3.05, 3.63) is 51.3 Å². The summed E-state index contributed by atoms with van der Waals surface area (Å²) >= 11 is 4.52. The molecule has 0 saturated carbocycles. The van der Waals surface area contributed by atoms with Crippen LogP contribution in [0.4, 0.5) is 0 Å². The Morgan fingerprint density at radius 3 is 2.43 bits per heavy atom. The molecule has 124 valence electrons. The number of benzene rings is 1. The number of hydrogen-bond donors (Lipinski definition) is 1. The summed E-state index contributed by atoms with van der Waals surface area (Å²) in [6, 6.07) is 9.72. The van der Waals surface area contributed by atoms with Gasteiger partial charge in [-0.3, -0.25) is 4.79 Å². The topological polar surface area (TPSA) is 72.5 Å². The quantitative estimate of drug-likeness (QED) is 0.730. The lowest BCUT2D eigenvalue weighted by atomic mass is 10.1. The molecule has 23 heavy (non-hydrogen) atoms. The van der Waals surface area contributed by atoms with E-state index in [0.29, 0.717) is 5.56 Å². The average molecular weight is 418 g/mol. The molecule has 1 aromatic heterocycles. The van der Waals surface area contributed by atoms with Crippen LogP contribution in [-0.2, 0) is 19.6 Å². The molecular formula is C15H16BrNO4S2. The smallest absolute Gasteiger partial charge is 0.307 e. The Morgan fingerprint density at radius 2 is 1.91 bits per heavy atom. The minimum Gasteiger partial charge on any atom is -0.469 e. The number of nitrogens with one attached hydrogen (secondary N) is 1. The molecule has 0 aliphatic heterocycles. The van der Waals surface area contributed by atoms with Crippen molar-refractivity contribution >= 4 is 43.3 Å². The second-order valence-corrected chi connectivity index (χ2v) is 9.02. The Morgan fingerprint density at radius 1 is 1.26 bits per heavy atom. The summed E-state index contributed by atoms with van der Waals surface area (Å²) in [5.41, 5.74) is 0.690. The Hall–Kier alpha value is -1.22. The van der Waals surface area contributed by atoms with E-state index >= 15 is 0 Å². The van der Waals surface area contributed by atoms with Gasteiger partial charge in [-0.25, -0.2) is 13.1 Å². The van der Waals surface area contributed by atoms with E-state index in [4.69, 9.17) is 0 Å². The van der Waals surface area contributed by atoms with Crippen LogP contribution < -0.4 is 4.72 Å². The van der Waals surface area contributed by atoms with Gasteiger partial charge in [0.05, 0.1) is 19.6 Å². The minimum absolute atomic E-state index is 0.0816. The summed E-state index contributed by atoms with van der Waals surface area (Å²) in [5.74, 6) is -0.483. The lowest BCUT2D eigenvalue weighted by molar-refractivity contribution is -0.141. The van der Waals surface area contributed by atoms with E-state index < -0.39 is 22.0 Å². The standard InChI is InChI=1S/C15H16BrNO4S2/c1-10-3-8-15(22-10)23(19,20)17-13(9-14(18)21-2)11-4-6-12(16)7-5-11/h3-8,13,17H,9H2,1-2H3. The van der Waals surface area contributed by atoms with Crippen LogP contribution in [0.3, 0.4) is 0 Å². The maximum atomic E-state index is 12.5. The first-order chi connectivity index (χ1) is 10.8. The first-order valence-corrected chi connectivity index (χ1v) is 9.82. The number of esters is 1. The van der Waals surface area contributed by atoms with Crippen LogP contribution in [0.1, 0.15) is 22.9 Å². The number of rotatable bonds is 6. The van der Waals surface area contributed by atoms with Crippen molar-refractivity contribution < 1.29 is 17.9 Å². The van der Waals surface area contributed by atoms with Gasteiger partial charge in [0.25, 0.3) is 10.0 Å². The van der Waals surface area contributed by atoms with E-state index in [1.165, 1.54) is 18.4 Å². The first kappa shape index (κ1) is 18.1. The molecule has 0 spiro atoms. The first-order valence-electron chi connectivity index (χ1n) is 6.73. The van der Waals surface area contributed by atoms with Gasteiger partial charge in [0, 0.05) is 9.35 Å². The SMILES string of the molecule is COC(=O)CC(NS(=O)(=O)c1ccc(C)s1)c1ccc(Br)cc1. The molecule has 0 aliphatic carbocycles. The predicted octanol–water partition coefficient (Wildman–Crippen LogP) is 3.40. The fourth-order valence-corrected chi connectivity index (χ4v) is 4.76. The van der Waals surface area contributed by atoms with Gasteiger partial charge in [-0.05, 0) is 36.8 Å². The molecule has 0 saturated heterocycles. The second kappa shape index (κ2) is 7.57. The van der Waals surface area contributed by atoms with Crippen LogP contribution in [0, 0.1) is 6.92 Å². The normalized spacial score (nSPS) is 12.8. The summed E-state index contributed by atoms with van der Waals surface area (Å²) in [5, 5.41) is 0. The lowest BCUT2D eigenvalue weighted by Gasteiger charge is -2.18.